The standard InChI is InChI=1S/C22H19FN6S/c23-19-2-1-18(30-19)21-14-10-17(27-16(14)5-8-25-21)20-15-9-13(11-26-22(15)29-28-20)12-3-6-24-7-4-12/h1-2,5,8-12,24,27H,3-4,6-7H2,(H,26,28,29). The van der Waals surface area contributed by atoms with Gasteiger partial charge in [0, 0.05) is 28.7 Å². The topological polar surface area (TPSA) is 82.3 Å². The Morgan fingerprint density at radius 2 is 1.93 bits per heavy atom. The number of nitrogens with one attached hydrogen (secondary N) is 3. The maximum absolute atomic E-state index is 13.6. The molecule has 1 saturated heterocycles. The second-order valence-electron chi connectivity index (χ2n) is 7.67. The number of aromatic amines is 2. The van der Waals surface area contributed by atoms with E-state index in [0.717, 1.165) is 75.5 Å². The zero-order valence-electron chi connectivity index (χ0n) is 16.1. The summed E-state index contributed by atoms with van der Waals surface area (Å²) in [5.41, 5.74) is 5.53. The average Bonchev–Trinajstić information content (AvgIpc) is 3.51. The number of pyridine rings is 2. The molecule has 0 aromatic carbocycles. The normalized spacial score (nSPS) is 15.4. The Kier molecular flexibility index (Phi) is 4.14. The minimum absolute atomic E-state index is 0.212. The minimum atomic E-state index is -0.212. The Morgan fingerprint density at radius 1 is 1.03 bits per heavy atom. The number of aromatic nitrogens is 5. The lowest BCUT2D eigenvalue weighted by atomic mass is 9.91. The summed E-state index contributed by atoms with van der Waals surface area (Å²) in [7, 11) is 0. The van der Waals surface area contributed by atoms with E-state index in [1.165, 1.54) is 11.6 Å². The lowest BCUT2D eigenvalue weighted by Gasteiger charge is -2.22. The van der Waals surface area contributed by atoms with Crippen LogP contribution in [0.3, 0.4) is 0 Å². The van der Waals surface area contributed by atoms with Gasteiger partial charge in [-0.25, -0.2) is 4.98 Å². The summed E-state index contributed by atoms with van der Waals surface area (Å²) in [6.45, 7) is 2.09. The molecule has 30 heavy (non-hydrogen) atoms. The highest BCUT2D eigenvalue weighted by Crippen LogP contribution is 2.36. The van der Waals surface area contributed by atoms with Crippen LogP contribution in [0.15, 0.2) is 42.7 Å². The van der Waals surface area contributed by atoms with Crippen LogP contribution in [0.25, 0.3) is 43.9 Å². The Balaban J connectivity index is 1.47. The molecule has 150 valence electrons. The molecule has 0 saturated carbocycles. The first-order valence-electron chi connectivity index (χ1n) is 10.0. The van der Waals surface area contributed by atoms with Crippen molar-refractivity contribution in [3.05, 3.63) is 53.4 Å². The quantitative estimate of drug-likeness (QED) is 0.392. The third-order valence-corrected chi connectivity index (χ3v) is 6.75. The fourth-order valence-electron chi connectivity index (χ4n) is 4.33. The second kappa shape index (κ2) is 7.00. The zero-order chi connectivity index (χ0) is 20.1. The average molecular weight is 419 g/mol. The second-order valence-corrected chi connectivity index (χ2v) is 8.70. The molecule has 6 heterocycles. The largest absolute Gasteiger partial charge is 0.353 e. The Labute approximate surface area is 175 Å². The van der Waals surface area contributed by atoms with Crippen molar-refractivity contribution in [3.8, 4) is 22.0 Å². The van der Waals surface area contributed by atoms with Crippen molar-refractivity contribution in [1.82, 2.24) is 30.5 Å². The minimum Gasteiger partial charge on any atom is -0.353 e. The fraction of sp³-hybridized carbons (Fsp3) is 0.227. The predicted octanol–water partition coefficient (Wildman–Crippen LogP) is 4.84. The van der Waals surface area contributed by atoms with E-state index in [0.29, 0.717) is 11.6 Å². The highest BCUT2D eigenvalue weighted by molar-refractivity contribution is 7.13. The summed E-state index contributed by atoms with van der Waals surface area (Å²) in [5.74, 6) is 0.526. The van der Waals surface area contributed by atoms with Crippen LogP contribution >= 0.6 is 11.3 Å². The molecule has 8 heteroatoms. The van der Waals surface area contributed by atoms with Crippen molar-refractivity contribution in [2.24, 2.45) is 0 Å². The van der Waals surface area contributed by atoms with Crippen LogP contribution in [0.4, 0.5) is 4.39 Å². The number of hydrogen-bond acceptors (Lipinski definition) is 5. The zero-order valence-corrected chi connectivity index (χ0v) is 16.9. The number of hydrogen-bond donors (Lipinski definition) is 3. The molecule has 0 atom stereocenters. The highest BCUT2D eigenvalue weighted by Gasteiger charge is 2.19. The van der Waals surface area contributed by atoms with Gasteiger partial charge in [0.1, 0.15) is 0 Å². The third-order valence-electron chi connectivity index (χ3n) is 5.87. The van der Waals surface area contributed by atoms with Gasteiger partial charge in [0.25, 0.3) is 0 Å². The molecule has 1 fully saturated rings. The van der Waals surface area contributed by atoms with E-state index in [4.69, 9.17) is 0 Å². The number of piperidine rings is 1. The van der Waals surface area contributed by atoms with E-state index >= 15 is 0 Å². The number of halogens is 1. The summed E-state index contributed by atoms with van der Waals surface area (Å²) >= 11 is 1.10. The Bertz CT molecular complexity index is 1360. The smallest absolute Gasteiger partial charge is 0.181 e. The third kappa shape index (κ3) is 2.91. The lowest BCUT2D eigenvalue weighted by molar-refractivity contribution is 0.460. The summed E-state index contributed by atoms with van der Waals surface area (Å²) in [4.78, 5) is 13.4. The molecule has 6 nitrogen and oxygen atoms in total. The molecule has 5 aromatic heterocycles. The summed E-state index contributed by atoms with van der Waals surface area (Å²) in [5, 5.41) is 12.7. The first kappa shape index (κ1) is 17.7. The van der Waals surface area contributed by atoms with Gasteiger partial charge >= 0.3 is 0 Å². The molecule has 6 rings (SSSR count). The monoisotopic (exact) mass is 418 g/mol. The van der Waals surface area contributed by atoms with Gasteiger partial charge in [-0.05, 0) is 67.7 Å². The van der Waals surface area contributed by atoms with Crippen molar-refractivity contribution >= 4 is 33.3 Å². The van der Waals surface area contributed by atoms with Crippen LogP contribution in [0.1, 0.15) is 24.3 Å². The number of thiophene rings is 1. The van der Waals surface area contributed by atoms with Crippen LogP contribution < -0.4 is 5.32 Å². The number of H-pyrrole nitrogens is 2. The molecular weight excluding hydrogens is 399 g/mol. The maximum atomic E-state index is 13.6. The van der Waals surface area contributed by atoms with Crippen molar-refractivity contribution in [1.29, 1.82) is 0 Å². The molecule has 1 aliphatic rings. The Hall–Kier alpha value is -3.10. The molecule has 3 N–H and O–H groups in total. The molecule has 5 aromatic rings. The maximum Gasteiger partial charge on any atom is 0.181 e. The van der Waals surface area contributed by atoms with Gasteiger partial charge in [0.15, 0.2) is 10.8 Å². The predicted molar refractivity (Wildman–Crippen MR) is 117 cm³/mol. The van der Waals surface area contributed by atoms with Crippen molar-refractivity contribution in [2.45, 2.75) is 18.8 Å². The van der Waals surface area contributed by atoms with Crippen LogP contribution in [-0.4, -0.2) is 38.2 Å². The molecule has 0 aliphatic carbocycles. The Morgan fingerprint density at radius 3 is 2.77 bits per heavy atom. The van der Waals surface area contributed by atoms with E-state index in [1.54, 1.807) is 12.3 Å². The van der Waals surface area contributed by atoms with E-state index in [-0.39, 0.29) is 5.13 Å². The fourth-order valence-corrected chi connectivity index (χ4v) is 5.07. The summed E-state index contributed by atoms with van der Waals surface area (Å²) in [6, 6.07) is 9.46. The molecule has 0 bridgehead atoms. The van der Waals surface area contributed by atoms with Crippen molar-refractivity contribution in [2.75, 3.05) is 13.1 Å². The molecule has 0 radical (unpaired) electrons. The summed E-state index contributed by atoms with van der Waals surface area (Å²) < 4.78 is 13.6. The molecule has 1 aliphatic heterocycles. The first-order valence-corrected chi connectivity index (χ1v) is 10.9. The van der Waals surface area contributed by atoms with Gasteiger partial charge in [-0.15, -0.1) is 11.3 Å². The van der Waals surface area contributed by atoms with Crippen molar-refractivity contribution in [3.63, 3.8) is 0 Å². The van der Waals surface area contributed by atoms with E-state index in [1.807, 2.05) is 12.3 Å². The van der Waals surface area contributed by atoms with Gasteiger partial charge in [0.2, 0.25) is 0 Å². The highest BCUT2D eigenvalue weighted by atomic mass is 32.1. The first-order chi connectivity index (χ1) is 14.8. The lowest BCUT2D eigenvalue weighted by Crippen LogP contribution is -2.26. The van der Waals surface area contributed by atoms with Crippen LogP contribution in [0.2, 0.25) is 0 Å². The SMILES string of the molecule is Fc1ccc(-c2nccc3[nH]c(-c4[nH]nc5ncc(C6CCNCC6)cc45)cc23)s1. The van der Waals surface area contributed by atoms with Gasteiger partial charge in [-0.3, -0.25) is 10.1 Å². The van der Waals surface area contributed by atoms with Gasteiger partial charge in [-0.1, -0.05) is 0 Å². The van der Waals surface area contributed by atoms with Crippen LogP contribution in [0, 0.1) is 5.13 Å². The number of nitrogens with zero attached hydrogens (tertiary/aromatic N) is 3. The van der Waals surface area contributed by atoms with E-state index < -0.39 is 0 Å². The van der Waals surface area contributed by atoms with Crippen molar-refractivity contribution < 1.29 is 4.39 Å². The van der Waals surface area contributed by atoms with Gasteiger partial charge in [0.05, 0.1) is 22.0 Å². The number of rotatable bonds is 3. The molecule has 0 unspecified atom stereocenters. The van der Waals surface area contributed by atoms with Crippen LogP contribution in [0.5, 0.6) is 0 Å². The summed E-state index contributed by atoms with van der Waals surface area (Å²) in [6.07, 6.45) is 5.96. The van der Waals surface area contributed by atoms with E-state index in [9.17, 15) is 4.39 Å². The van der Waals surface area contributed by atoms with E-state index in [2.05, 4.69) is 42.6 Å². The molecular formula is C22H19FN6S. The molecule has 0 spiro atoms. The van der Waals surface area contributed by atoms with Gasteiger partial charge < -0.3 is 10.3 Å². The molecule has 0 amide bonds. The van der Waals surface area contributed by atoms with Gasteiger partial charge in [-0.2, -0.15) is 9.49 Å². The number of fused-ring (bicyclic) bond motifs is 2. The van der Waals surface area contributed by atoms with Crippen LogP contribution in [-0.2, 0) is 0 Å².